The molecule has 5 nitrogen and oxygen atoms in total. The molecule has 5 heteroatoms. The van der Waals surface area contributed by atoms with Gasteiger partial charge in [-0.1, -0.05) is 12.1 Å². The first-order valence-electron chi connectivity index (χ1n) is 6.62. The van der Waals surface area contributed by atoms with Crippen molar-refractivity contribution in [1.82, 2.24) is 5.32 Å². The summed E-state index contributed by atoms with van der Waals surface area (Å²) in [5, 5.41) is 11.6. The van der Waals surface area contributed by atoms with Crippen LogP contribution in [0, 0.1) is 0 Å². The van der Waals surface area contributed by atoms with Crippen LogP contribution in [-0.2, 0) is 4.79 Å². The molecule has 0 unspecified atom stereocenters. The molecular weight excluding hydrogens is 258 g/mol. The van der Waals surface area contributed by atoms with Crippen LogP contribution in [0.2, 0.25) is 0 Å². The van der Waals surface area contributed by atoms with Gasteiger partial charge in [0.1, 0.15) is 5.75 Å². The smallest absolute Gasteiger partial charge is 0.303 e. The molecule has 0 fully saturated rings. The summed E-state index contributed by atoms with van der Waals surface area (Å²) in [6.07, 6.45) is 0.380. The Balaban J connectivity index is 2.77. The first-order chi connectivity index (χ1) is 9.35. The lowest BCUT2D eigenvalue weighted by Gasteiger charge is -2.26. The number of carbonyl (C=O) groups excluding carboxylic acids is 1. The van der Waals surface area contributed by atoms with E-state index in [1.165, 1.54) is 0 Å². The second kappa shape index (κ2) is 6.93. The number of carbonyl (C=O) groups is 2. The molecule has 0 heterocycles. The summed E-state index contributed by atoms with van der Waals surface area (Å²) >= 11 is 0. The molecule has 1 amide bonds. The minimum Gasteiger partial charge on any atom is -0.493 e. The Morgan fingerprint density at radius 3 is 2.55 bits per heavy atom. The number of hydrogen-bond donors (Lipinski definition) is 2. The van der Waals surface area contributed by atoms with Crippen LogP contribution in [0.3, 0.4) is 0 Å². The van der Waals surface area contributed by atoms with Crippen molar-refractivity contribution >= 4 is 11.9 Å². The van der Waals surface area contributed by atoms with Gasteiger partial charge in [0.15, 0.2) is 0 Å². The zero-order valence-corrected chi connectivity index (χ0v) is 12.1. The third kappa shape index (κ3) is 4.91. The van der Waals surface area contributed by atoms with Crippen molar-refractivity contribution in [2.75, 3.05) is 6.61 Å². The van der Waals surface area contributed by atoms with Gasteiger partial charge in [0, 0.05) is 12.0 Å². The van der Waals surface area contributed by atoms with Gasteiger partial charge >= 0.3 is 5.97 Å². The van der Waals surface area contributed by atoms with Crippen molar-refractivity contribution in [2.45, 2.75) is 39.2 Å². The number of amides is 1. The molecule has 0 aliphatic rings. The molecule has 1 aromatic rings. The molecule has 110 valence electrons. The molecule has 0 radical (unpaired) electrons. The molecule has 0 saturated carbocycles. The first kappa shape index (κ1) is 16.0. The molecule has 0 aliphatic carbocycles. The van der Waals surface area contributed by atoms with E-state index in [4.69, 9.17) is 9.84 Å². The van der Waals surface area contributed by atoms with Gasteiger partial charge in [-0.3, -0.25) is 9.59 Å². The van der Waals surface area contributed by atoms with Crippen LogP contribution in [0.5, 0.6) is 5.75 Å². The molecule has 0 bridgehead atoms. The molecule has 2 N–H and O–H groups in total. The van der Waals surface area contributed by atoms with Crippen molar-refractivity contribution in [3.63, 3.8) is 0 Å². The van der Waals surface area contributed by atoms with Gasteiger partial charge in [-0.15, -0.1) is 0 Å². The van der Waals surface area contributed by atoms with Gasteiger partial charge in [-0.05, 0) is 39.3 Å². The fourth-order valence-corrected chi connectivity index (χ4v) is 1.79. The number of carboxylic acids is 1. The molecule has 0 aliphatic heterocycles. The molecule has 0 aromatic heterocycles. The van der Waals surface area contributed by atoms with Crippen LogP contribution >= 0.6 is 0 Å². The molecule has 0 saturated heterocycles. The van der Waals surface area contributed by atoms with Crippen LogP contribution in [0.4, 0.5) is 0 Å². The molecule has 1 aromatic carbocycles. The Kier molecular flexibility index (Phi) is 5.55. The monoisotopic (exact) mass is 279 g/mol. The highest BCUT2D eigenvalue weighted by atomic mass is 16.5. The number of para-hydroxylation sites is 1. The van der Waals surface area contributed by atoms with Crippen molar-refractivity contribution in [3.8, 4) is 5.75 Å². The van der Waals surface area contributed by atoms with Crippen LogP contribution in [0.15, 0.2) is 24.3 Å². The van der Waals surface area contributed by atoms with Crippen LogP contribution in [-0.4, -0.2) is 29.1 Å². The number of ether oxygens (including phenoxy) is 1. The van der Waals surface area contributed by atoms with Crippen molar-refractivity contribution in [1.29, 1.82) is 0 Å². The highest BCUT2D eigenvalue weighted by Gasteiger charge is 2.23. The van der Waals surface area contributed by atoms with E-state index in [1.54, 1.807) is 38.1 Å². The zero-order chi connectivity index (χ0) is 15.2. The van der Waals surface area contributed by atoms with Crippen LogP contribution < -0.4 is 10.1 Å². The van der Waals surface area contributed by atoms with Crippen molar-refractivity contribution in [2.24, 2.45) is 0 Å². The predicted octanol–water partition coefficient (Wildman–Crippen LogP) is 2.46. The van der Waals surface area contributed by atoms with Gasteiger partial charge in [0.2, 0.25) is 0 Å². The standard InChI is InChI=1S/C15H21NO4/c1-4-20-12-8-6-5-7-11(12)14(19)16-15(2,3)10-9-13(17)18/h5-8H,4,9-10H2,1-3H3,(H,16,19)(H,17,18). The Bertz CT molecular complexity index is 483. The largest absolute Gasteiger partial charge is 0.493 e. The number of rotatable bonds is 7. The fourth-order valence-electron chi connectivity index (χ4n) is 1.79. The maximum Gasteiger partial charge on any atom is 0.303 e. The summed E-state index contributed by atoms with van der Waals surface area (Å²) in [6, 6.07) is 7.00. The fraction of sp³-hybridized carbons (Fsp3) is 0.467. The average molecular weight is 279 g/mol. The maximum absolute atomic E-state index is 12.3. The number of aliphatic carboxylic acids is 1. The second-order valence-corrected chi connectivity index (χ2v) is 5.16. The lowest BCUT2D eigenvalue weighted by molar-refractivity contribution is -0.137. The third-order valence-corrected chi connectivity index (χ3v) is 2.85. The summed E-state index contributed by atoms with van der Waals surface area (Å²) in [5.74, 6) is -0.604. The van der Waals surface area contributed by atoms with Gasteiger partial charge in [-0.2, -0.15) is 0 Å². The lowest BCUT2D eigenvalue weighted by atomic mass is 9.97. The number of benzene rings is 1. The van der Waals surface area contributed by atoms with Gasteiger partial charge in [0.05, 0.1) is 12.2 Å². The molecular formula is C15H21NO4. The molecule has 0 spiro atoms. The van der Waals surface area contributed by atoms with E-state index in [2.05, 4.69) is 5.32 Å². The van der Waals surface area contributed by atoms with Gasteiger partial charge in [0.25, 0.3) is 5.91 Å². The highest BCUT2D eigenvalue weighted by Crippen LogP contribution is 2.20. The molecule has 1 rings (SSSR count). The number of carboxylic acid groups (broad SMARTS) is 1. The van der Waals surface area contributed by atoms with Crippen molar-refractivity contribution in [3.05, 3.63) is 29.8 Å². The van der Waals surface area contributed by atoms with E-state index in [1.807, 2.05) is 6.92 Å². The van der Waals surface area contributed by atoms with E-state index in [9.17, 15) is 9.59 Å². The minimum absolute atomic E-state index is 0.0143. The summed E-state index contributed by atoms with van der Waals surface area (Å²) in [6.45, 7) is 5.94. The molecule has 20 heavy (non-hydrogen) atoms. The van der Waals surface area contributed by atoms with Crippen LogP contribution in [0.25, 0.3) is 0 Å². The second-order valence-electron chi connectivity index (χ2n) is 5.16. The number of hydrogen-bond acceptors (Lipinski definition) is 3. The Morgan fingerprint density at radius 1 is 1.30 bits per heavy atom. The van der Waals surface area contributed by atoms with Crippen molar-refractivity contribution < 1.29 is 19.4 Å². The normalized spacial score (nSPS) is 10.9. The maximum atomic E-state index is 12.3. The quantitative estimate of drug-likeness (QED) is 0.804. The van der Waals surface area contributed by atoms with E-state index in [-0.39, 0.29) is 12.3 Å². The lowest BCUT2D eigenvalue weighted by Crippen LogP contribution is -2.43. The Hall–Kier alpha value is -2.04. The minimum atomic E-state index is -0.873. The number of nitrogens with one attached hydrogen (secondary N) is 1. The third-order valence-electron chi connectivity index (χ3n) is 2.85. The molecule has 0 atom stereocenters. The SMILES string of the molecule is CCOc1ccccc1C(=O)NC(C)(C)CCC(=O)O. The summed E-state index contributed by atoms with van der Waals surface area (Å²) in [4.78, 5) is 22.9. The van der Waals surface area contributed by atoms with Gasteiger partial charge < -0.3 is 15.2 Å². The zero-order valence-electron chi connectivity index (χ0n) is 12.1. The van der Waals surface area contributed by atoms with Crippen LogP contribution in [0.1, 0.15) is 44.0 Å². The summed E-state index contributed by atoms with van der Waals surface area (Å²) in [7, 11) is 0. The topological polar surface area (TPSA) is 75.6 Å². The van der Waals surface area contributed by atoms with E-state index >= 15 is 0 Å². The highest BCUT2D eigenvalue weighted by molar-refractivity contribution is 5.97. The Labute approximate surface area is 118 Å². The van der Waals surface area contributed by atoms with Gasteiger partial charge in [-0.25, -0.2) is 0 Å². The summed E-state index contributed by atoms with van der Waals surface area (Å²) in [5.41, 5.74) is -0.132. The van der Waals surface area contributed by atoms with E-state index < -0.39 is 11.5 Å². The summed E-state index contributed by atoms with van der Waals surface area (Å²) < 4.78 is 5.42. The van der Waals surface area contributed by atoms with E-state index in [0.717, 1.165) is 0 Å². The first-order valence-corrected chi connectivity index (χ1v) is 6.62. The predicted molar refractivity (Wildman–Crippen MR) is 76.0 cm³/mol. The Morgan fingerprint density at radius 2 is 1.95 bits per heavy atom. The average Bonchev–Trinajstić information content (AvgIpc) is 2.37. The van der Waals surface area contributed by atoms with E-state index in [0.29, 0.717) is 24.3 Å².